The molecule has 1 heterocycles. The van der Waals surface area contributed by atoms with Crippen LogP contribution in [-0.2, 0) is 6.54 Å². The molecule has 1 aliphatic rings. The number of hydrogen-bond donors (Lipinski definition) is 1. The topological polar surface area (TPSA) is 21.3 Å². The van der Waals surface area contributed by atoms with Gasteiger partial charge >= 0.3 is 0 Å². The summed E-state index contributed by atoms with van der Waals surface area (Å²) in [6.45, 7) is 3.30. The van der Waals surface area contributed by atoms with Crippen LogP contribution in [0, 0.1) is 0 Å². The summed E-state index contributed by atoms with van der Waals surface area (Å²) in [5.41, 5.74) is 0.341. The molecule has 1 fully saturated rings. The second-order valence-corrected chi connectivity index (χ2v) is 5.89. The lowest BCUT2D eigenvalue weighted by atomic mass is 9.83. The number of ether oxygens (including phenoxy) is 1. The molecule has 0 bridgehead atoms. The Hall–Kier alpha value is -0.540. The molecular weight excluding hydrogens is 218 g/mol. The van der Waals surface area contributed by atoms with Crippen molar-refractivity contribution < 1.29 is 4.74 Å². The van der Waals surface area contributed by atoms with E-state index in [1.165, 1.54) is 37.0 Å². The first-order valence-corrected chi connectivity index (χ1v) is 6.97. The zero-order valence-electron chi connectivity index (χ0n) is 10.2. The van der Waals surface area contributed by atoms with Crippen LogP contribution in [-0.4, -0.2) is 12.6 Å². The highest BCUT2D eigenvalue weighted by Gasteiger charge is 2.26. The van der Waals surface area contributed by atoms with Crippen LogP contribution in [0.15, 0.2) is 11.4 Å². The van der Waals surface area contributed by atoms with Crippen LogP contribution in [0.3, 0.4) is 0 Å². The van der Waals surface area contributed by atoms with Crippen LogP contribution in [0.1, 0.15) is 43.9 Å². The van der Waals surface area contributed by atoms with Gasteiger partial charge in [-0.1, -0.05) is 19.3 Å². The Morgan fingerprint density at radius 2 is 2.12 bits per heavy atom. The summed E-state index contributed by atoms with van der Waals surface area (Å²) >= 11 is 1.77. The molecule has 0 unspecified atom stereocenters. The standard InChI is InChI=1S/C13H21NOS/c1-13(7-4-3-5-8-13)14-10-12-11(15-2)6-9-16-12/h6,9,14H,3-5,7-8,10H2,1-2H3. The zero-order valence-corrected chi connectivity index (χ0v) is 11.0. The molecule has 0 saturated heterocycles. The average molecular weight is 239 g/mol. The molecule has 2 nitrogen and oxygen atoms in total. The summed E-state index contributed by atoms with van der Waals surface area (Å²) in [6.07, 6.45) is 6.75. The van der Waals surface area contributed by atoms with E-state index in [-0.39, 0.29) is 0 Å². The molecule has 0 spiro atoms. The Morgan fingerprint density at radius 1 is 1.38 bits per heavy atom. The highest BCUT2D eigenvalue weighted by atomic mass is 32.1. The van der Waals surface area contributed by atoms with Gasteiger partial charge in [-0.05, 0) is 31.2 Å². The van der Waals surface area contributed by atoms with Crippen molar-refractivity contribution in [3.63, 3.8) is 0 Å². The van der Waals surface area contributed by atoms with Gasteiger partial charge in [0.15, 0.2) is 0 Å². The van der Waals surface area contributed by atoms with E-state index >= 15 is 0 Å². The maximum atomic E-state index is 5.33. The lowest BCUT2D eigenvalue weighted by Gasteiger charge is -2.34. The van der Waals surface area contributed by atoms with Crippen LogP contribution < -0.4 is 10.1 Å². The van der Waals surface area contributed by atoms with Gasteiger partial charge in [0.05, 0.1) is 12.0 Å². The Bertz CT molecular complexity index is 328. The van der Waals surface area contributed by atoms with Gasteiger partial charge in [-0.15, -0.1) is 11.3 Å². The van der Waals surface area contributed by atoms with Crippen molar-refractivity contribution in [3.8, 4) is 5.75 Å². The Balaban J connectivity index is 1.91. The van der Waals surface area contributed by atoms with Crippen molar-refractivity contribution in [2.75, 3.05) is 7.11 Å². The highest BCUT2D eigenvalue weighted by molar-refractivity contribution is 7.10. The molecule has 1 aliphatic carbocycles. The number of hydrogen-bond acceptors (Lipinski definition) is 3. The van der Waals surface area contributed by atoms with Gasteiger partial charge in [-0.2, -0.15) is 0 Å². The molecule has 16 heavy (non-hydrogen) atoms. The van der Waals surface area contributed by atoms with E-state index in [4.69, 9.17) is 4.74 Å². The summed E-state index contributed by atoms with van der Waals surface area (Å²) in [4.78, 5) is 1.31. The molecular formula is C13H21NOS. The number of thiophene rings is 1. The summed E-state index contributed by atoms with van der Waals surface area (Å²) < 4.78 is 5.33. The molecule has 1 saturated carbocycles. The predicted octanol–water partition coefficient (Wildman–Crippen LogP) is 3.57. The third-order valence-electron chi connectivity index (χ3n) is 3.56. The predicted molar refractivity (Wildman–Crippen MR) is 69.2 cm³/mol. The van der Waals surface area contributed by atoms with Gasteiger partial charge in [0.1, 0.15) is 5.75 Å². The van der Waals surface area contributed by atoms with Gasteiger partial charge in [0.25, 0.3) is 0 Å². The fraction of sp³-hybridized carbons (Fsp3) is 0.692. The smallest absolute Gasteiger partial charge is 0.134 e. The molecule has 1 aromatic heterocycles. The first-order valence-electron chi connectivity index (χ1n) is 6.09. The summed E-state index contributed by atoms with van der Waals surface area (Å²) in [5, 5.41) is 5.80. The van der Waals surface area contributed by atoms with Crippen LogP contribution in [0.4, 0.5) is 0 Å². The van der Waals surface area contributed by atoms with E-state index in [1.54, 1.807) is 18.4 Å². The average Bonchev–Trinajstić information content (AvgIpc) is 2.75. The first-order chi connectivity index (χ1) is 7.73. The van der Waals surface area contributed by atoms with Crippen molar-refractivity contribution in [1.29, 1.82) is 0 Å². The minimum atomic E-state index is 0.341. The minimum Gasteiger partial charge on any atom is -0.496 e. The third-order valence-corrected chi connectivity index (χ3v) is 4.46. The van der Waals surface area contributed by atoms with Crippen molar-refractivity contribution in [1.82, 2.24) is 5.32 Å². The Morgan fingerprint density at radius 3 is 2.81 bits per heavy atom. The molecule has 0 aliphatic heterocycles. The molecule has 1 aromatic rings. The Labute approximate surface area is 102 Å². The lowest BCUT2D eigenvalue weighted by Crippen LogP contribution is -2.43. The monoisotopic (exact) mass is 239 g/mol. The van der Waals surface area contributed by atoms with Gasteiger partial charge < -0.3 is 10.1 Å². The molecule has 2 rings (SSSR count). The van der Waals surface area contributed by atoms with E-state index < -0.39 is 0 Å². The summed E-state index contributed by atoms with van der Waals surface area (Å²) in [7, 11) is 1.74. The number of nitrogens with one attached hydrogen (secondary N) is 1. The van der Waals surface area contributed by atoms with Crippen molar-refractivity contribution in [2.24, 2.45) is 0 Å². The maximum absolute atomic E-state index is 5.33. The first kappa shape index (κ1) is 11.9. The highest BCUT2D eigenvalue weighted by Crippen LogP contribution is 2.30. The number of methoxy groups -OCH3 is 1. The summed E-state index contributed by atoms with van der Waals surface area (Å²) in [6, 6.07) is 2.05. The van der Waals surface area contributed by atoms with Gasteiger partial charge in [-0.25, -0.2) is 0 Å². The van der Waals surface area contributed by atoms with Gasteiger partial charge in [0.2, 0.25) is 0 Å². The molecule has 3 heteroatoms. The second kappa shape index (κ2) is 5.19. The largest absolute Gasteiger partial charge is 0.496 e. The molecule has 1 N–H and O–H groups in total. The minimum absolute atomic E-state index is 0.341. The fourth-order valence-electron chi connectivity index (χ4n) is 2.44. The van der Waals surface area contributed by atoms with Crippen LogP contribution >= 0.6 is 11.3 Å². The van der Waals surface area contributed by atoms with E-state index in [0.29, 0.717) is 5.54 Å². The fourth-order valence-corrected chi connectivity index (χ4v) is 3.22. The lowest BCUT2D eigenvalue weighted by molar-refractivity contribution is 0.252. The van der Waals surface area contributed by atoms with Crippen LogP contribution in [0.2, 0.25) is 0 Å². The van der Waals surface area contributed by atoms with E-state index in [0.717, 1.165) is 12.3 Å². The zero-order chi connectivity index (χ0) is 11.4. The molecule has 0 atom stereocenters. The van der Waals surface area contributed by atoms with Gasteiger partial charge in [0, 0.05) is 12.1 Å². The molecule has 0 radical (unpaired) electrons. The van der Waals surface area contributed by atoms with Crippen molar-refractivity contribution in [3.05, 3.63) is 16.3 Å². The normalized spacial score (nSPS) is 19.6. The SMILES string of the molecule is COc1ccsc1CNC1(C)CCCCC1. The quantitative estimate of drug-likeness (QED) is 0.867. The summed E-state index contributed by atoms with van der Waals surface area (Å²) in [5.74, 6) is 1.02. The Kier molecular flexibility index (Phi) is 3.87. The van der Waals surface area contributed by atoms with Gasteiger partial charge in [-0.3, -0.25) is 0 Å². The van der Waals surface area contributed by atoms with Crippen molar-refractivity contribution >= 4 is 11.3 Å². The third kappa shape index (κ3) is 2.77. The number of rotatable bonds is 4. The van der Waals surface area contributed by atoms with E-state index in [2.05, 4.69) is 17.6 Å². The van der Waals surface area contributed by atoms with Crippen molar-refractivity contribution in [2.45, 2.75) is 51.1 Å². The maximum Gasteiger partial charge on any atom is 0.134 e. The second-order valence-electron chi connectivity index (χ2n) is 4.89. The molecule has 0 aromatic carbocycles. The van der Waals surface area contributed by atoms with E-state index in [1.807, 2.05) is 6.07 Å². The van der Waals surface area contributed by atoms with E-state index in [9.17, 15) is 0 Å². The molecule has 0 amide bonds. The van der Waals surface area contributed by atoms with Crippen LogP contribution in [0.5, 0.6) is 5.75 Å². The van der Waals surface area contributed by atoms with Crippen LogP contribution in [0.25, 0.3) is 0 Å². The molecule has 90 valence electrons.